The van der Waals surface area contributed by atoms with Gasteiger partial charge in [-0.3, -0.25) is 19.5 Å². The van der Waals surface area contributed by atoms with E-state index in [4.69, 9.17) is 0 Å². The second-order valence-corrected chi connectivity index (χ2v) is 7.48. The Balaban J connectivity index is 1.57. The van der Waals surface area contributed by atoms with Crippen LogP contribution < -0.4 is 5.32 Å². The van der Waals surface area contributed by atoms with Crippen molar-refractivity contribution in [1.29, 1.82) is 0 Å². The third kappa shape index (κ3) is 3.72. The first-order valence-corrected chi connectivity index (χ1v) is 9.03. The van der Waals surface area contributed by atoms with Crippen molar-refractivity contribution in [3.8, 4) is 0 Å². The summed E-state index contributed by atoms with van der Waals surface area (Å²) < 4.78 is 0. The predicted molar refractivity (Wildman–Crippen MR) is 101 cm³/mol. The zero-order valence-corrected chi connectivity index (χ0v) is 15.8. The highest BCUT2D eigenvalue weighted by molar-refractivity contribution is 5.97. The van der Waals surface area contributed by atoms with Gasteiger partial charge in [0.15, 0.2) is 0 Å². The number of nitrogens with one attached hydrogen (secondary N) is 2. The first-order valence-electron chi connectivity index (χ1n) is 9.03. The molecule has 3 atom stereocenters. The number of fused-ring (bicyclic) bond motifs is 1. The molecule has 2 amide bonds. The van der Waals surface area contributed by atoms with Gasteiger partial charge >= 0.3 is 0 Å². The van der Waals surface area contributed by atoms with Gasteiger partial charge in [-0.2, -0.15) is 0 Å². The van der Waals surface area contributed by atoms with Crippen molar-refractivity contribution >= 4 is 22.7 Å². The molecule has 1 fully saturated rings. The molecule has 0 aliphatic carbocycles. The van der Waals surface area contributed by atoms with E-state index in [0.29, 0.717) is 24.7 Å². The van der Waals surface area contributed by atoms with Gasteiger partial charge in [0.2, 0.25) is 5.91 Å². The third-order valence-electron chi connectivity index (χ3n) is 5.40. The Kier molecular flexibility index (Phi) is 5.27. The number of carbonyl (C=O) groups is 2. The van der Waals surface area contributed by atoms with Crippen molar-refractivity contribution < 1.29 is 9.59 Å². The normalized spacial score (nSPS) is 21.3. The summed E-state index contributed by atoms with van der Waals surface area (Å²) in [5.74, 6) is 0.655. The van der Waals surface area contributed by atoms with Crippen molar-refractivity contribution in [2.75, 3.05) is 33.7 Å². The largest absolute Gasteiger partial charge is 0.350 e. The number of likely N-dealkylation sites (N-methyl/N-ethyl adjacent to an activating group) is 1. The van der Waals surface area contributed by atoms with E-state index in [1.807, 2.05) is 43.0 Å². The molecule has 140 valence electrons. The van der Waals surface area contributed by atoms with Gasteiger partial charge in [-0.1, -0.05) is 6.92 Å². The zero-order valence-electron chi connectivity index (χ0n) is 15.8. The molecule has 0 bridgehead atoms. The van der Waals surface area contributed by atoms with Gasteiger partial charge in [-0.15, -0.1) is 0 Å². The van der Waals surface area contributed by atoms with Gasteiger partial charge in [-0.05, 0) is 45.0 Å². The van der Waals surface area contributed by atoms with Crippen LogP contribution in [-0.2, 0) is 4.79 Å². The number of nitrogens with zero attached hydrogens (tertiary/aromatic N) is 3. The molecule has 1 aliphatic rings. The lowest BCUT2D eigenvalue weighted by Gasteiger charge is -2.25. The van der Waals surface area contributed by atoms with Gasteiger partial charge in [-0.25, -0.2) is 0 Å². The second kappa shape index (κ2) is 7.45. The Hall–Kier alpha value is -2.41. The molecule has 0 radical (unpaired) electrons. The first-order chi connectivity index (χ1) is 12.4. The third-order valence-corrected chi connectivity index (χ3v) is 5.40. The standard InChI is InChI=1S/C19H27N5O2/c1-12-10-24(19(26)13(2)23(3)4)11-15(12)9-21-18(25)17-7-14-8-20-6-5-16(14)22-17/h5-8,12-13,15,22H,9-11H2,1-4H3,(H,21,25)/t12?,13-,15?/m0/s1. The van der Waals surface area contributed by atoms with E-state index in [1.165, 1.54) is 0 Å². The molecular formula is C19H27N5O2. The van der Waals surface area contributed by atoms with Crippen LogP contribution in [-0.4, -0.2) is 71.4 Å². The summed E-state index contributed by atoms with van der Waals surface area (Å²) in [6.45, 7) is 6.06. The lowest BCUT2D eigenvalue weighted by Crippen LogP contribution is -2.43. The smallest absolute Gasteiger partial charge is 0.267 e. The Morgan fingerprint density at radius 3 is 2.88 bits per heavy atom. The fourth-order valence-electron chi connectivity index (χ4n) is 3.38. The monoisotopic (exact) mass is 357 g/mol. The number of amides is 2. The average molecular weight is 357 g/mol. The summed E-state index contributed by atoms with van der Waals surface area (Å²) in [7, 11) is 3.82. The number of aromatic amines is 1. The molecule has 3 heterocycles. The summed E-state index contributed by atoms with van der Waals surface area (Å²) >= 11 is 0. The molecule has 0 spiro atoms. The minimum Gasteiger partial charge on any atom is -0.350 e. The fourth-order valence-corrected chi connectivity index (χ4v) is 3.38. The number of hydrogen-bond acceptors (Lipinski definition) is 4. The fraction of sp³-hybridized carbons (Fsp3) is 0.526. The second-order valence-electron chi connectivity index (χ2n) is 7.48. The molecule has 7 nitrogen and oxygen atoms in total. The summed E-state index contributed by atoms with van der Waals surface area (Å²) in [4.78, 5) is 36.0. The van der Waals surface area contributed by atoms with Gasteiger partial charge < -0.3 is 15.2 Å². The Labute approximate surface area is 153 Å². The molecule has 2 N–H and O–H groups in total. The lowest BCUT2D eigenvalue weighted by atomic mass is 9.98. The SMILES string of the molecule is CC1CN(C(=O)[C@H](C)N(C)C)CC1CNC(=O)c1cc2cnccc2[nH]1. The van der Waals surface area contributed by atoms with Crippen LogP contribution >= 0.6 is 0 Å². The lowest BCUT2D eigenvalue weighted by molar-refractivity contribution is -0.134. The summed E-state index contributed by atoms with van der Waals surface area (Å²) in [6.07, 6.45) is 3.43. The molecule has 0 aromatic carbocycles. The highest BCUT2D eigenvalue weighted by Crippen LogP contribution is 2.23. The highest BCUT2D eigenvalue weighted by atomic mass is 16.2. The molecular weight excluding hydrogens is 330 g/mol. The minimum absolute atomic E-state index is 0.125. The van der Waals surface area contributed by atoms with Crippen LogP contribution in [0.25, 0.3) is 10.9 Å². The number of pyridine rings is 1. The Bertz CT molecular complexity index is 767. The number of aromatic nitrogens is 2. The van der Waals surface area contributed by atoms with Crippen LogP contribution in [0.3, 0.4) is 0 Å². The van der Waals surface area contributed by atoms with Crippen LogP contribution in [0.5, 0.6) is 0 Å². The van der Waals surface area contributed by atoms with E-state index in [-0.39, 0.29) is 23.8 Å². The van der Waals surface area contributed by atoms with Crippen molar-refractivity contribution in [1.82, 2.24) is 25.1 Å². The number of H-pyrrole nitrogens is 1. The molecule has 7 heteroatoms. The minimum atomic E-state index is -0.129. The van der Waals surface area contributed by atoms with E-state index in [1.54, 1.807) is 12.4 Å². The molecule has 26 heavy (non-hydrogen) atoms. The van der Waals surface area contributed by atoms with E-state index in [9.17, 15) is 9.59 Å². The van der Waals surface area contributed by atoms with Crippen LogP contribution in [0.4, 0.5) is 0 Å². The maximum Gasteiger partial charge on any atom is 0.267 e. The molecule has 1 aliphatic heterocycles. The van der Waals surface area contributed by atoms with E-state index in [2.05, 4.69) is 22.2 Å². The van der Waals surface area contributed by atoms with Gasteiger partial charge in [0, 0.05) is 42.9 Å². The Morgan fingerprint density at radius 1 is 1.42 bits per heavy atom. The zero-order chi connectivity index (χ0) is 18.8. The van der Waals surface area contributed by atoms with Crippen molar-refractivity contribution in [2.45, 2.75) is 19.9 Å². The maximum absolute atomic E-state index is 12.5. The molecule has 2 unspecified atom stereocenters. The molecule has 2 aromatic rings. The molecule has 1 saturated heterocycles. The van der Waals surface area contributed by atoms with Gasteiger partial charge in [0.1, 0.15) is 5.69 Å². The topological polar surface area (TPSA) is 81.3 Å². The molecule has 2 aromatic heterocycles. The van der Waals surface area contributed by atoms with Crippen molar-refractivity contribution in [2.24, 2.45) is 11.8 Å². The van der Waals surface area contributed by atoms with E-state index < -0.39 is 0 Å². The summed E-state index contributed by atoms with van der Waals surface area (Å²) in [6, 6.07) is 3.53. The summed E-state index contributed by atoms with van der Waals surface area (Å²) in [5.41, 5.74) is 1.43. The van der Waals surface area contributed by atoms with Gasteiger partial charge in [0.25, 0.3) is 5.91 Å². The number of likely N-dealkylation sites (tertiary alicyclic amines) is 1. The van der Waals surface area contributed by atoms with Crippen LogP contribution in [0.1, 0.15) is 24.3 Å². The molecule has 0 saturated carbocycles. The number of carbonyl (C=O) groups excluding carboxylic acids is 2. The quantitative estimate of drug-likeness (QED) is 0.846. The Morgan fingerprint density at radius 2 is 2.19 bits per heavy atom. The number of hydrogen-bond donors (Lipinski definition) is 2. The molecule has 3 rings (SSSR count). The van der Waals surface area contributed by atoms with Crippen molar-refractivity contribution in [3.05, 3.63) is 30.2 Å². The average Bonchev–Trinajstić information content (AvgIpc) is 3.21. The maximum atomic E-state index is 12.5. The summed E-state index contributed by atoms with van der Waals surface area (Å²) in [5, 5.41) is 3.92. The van der Waals surface area contributed by atoms with Crippen molar-refractivity contribution in [3.63, 3.8) is 0 Å². The van der Waals surface area contributed by atoms with E-state index in [0.717, 1.165) is 17.4 Å². The first kappa shape index (κ1) is 18.4. The van der Waals surface area contributed by atoms with E-state index >= 15 is 0 Å². The number of rotatable bonds is 5. The van der Waals surface area contributed by atoms with Crippen LogP contribution in [0, 0.1) is 11.8 Å². The van der Waals surface area contributed by atoms with Gasteiger partial charge in [0.05, 0.1) is 6.04 Å². The van der Waals surface area contributed by atoms with Crippen LogP contribution in [0.15, 0.2) is 24.5 Å². The predicted octanol–water partition coefficient (Wildman–Crippen LogP) is 1.34. The highest BCUT2D eigenvalue weighted by Gasteiger charge is 2.34. The van der Waals surface area contributed by atoms with Crippen LogP contribution in [0.2, 0.25) is 0 Å².